The predicted molar refractivity (Wildman–Crippen MR) is 92.9 cm³/mol. The number of ether oxygens (including phenoxy) is 2. The van der Waals surface area contributed by atoms with E-state index in [1.807, 2.05) is 6.92 Å². The Balaban J connectivity index is 1.39. The maximum atomic E-state index is 11.9. The number of esters is 1. The van der Waals surface area contributed by atoms with E-state index in [0.29, 0.717) is 18.3 Å². The first-order valence-corrected chi connectivity index (χ1v) is 10.5. The van der Waals surface area contributed by atoms with E-state index in [2.05, 4.69) is 6.92 Å². The number of hydrogen-bond acceptors (Lipinski definition) is 4. The van der Waals surface area contributed by atoms with Gasteiger partial charge in [0.1, 0.15) is 17.3 Å². The van der Waals surface area contributed by atoms with Crippen LogP contribution in [0.3, 0.4) is 0 Å². The number of carbonyl (C=O) groups is 1. The van der Waals surface area contributed by atoms with E-state index in [0.717, 1.165) is 44.4 Å². The molecule has 1 N–H and O–H groups in total. The molecule has 4 saturated carbocycles. The maximum absolute atomic E-state index is 11.9. The normalized spacial score (nSPS) is 56.2. The Morgan fingerprint density at radius 1 is 1.12 bits per heavy atom. The second kappa shape index (κ2) is 5.22. The van der Waals surface area contributed by atoms with Gasteiger partial charge in [0.2, 0.25) is 0 Å². The van der Waals surface area contributed by atoms with Gasteiger partial charge in [-0.25, -0.2) is 0 Å². The molecule has 25 heavy (non-hydrogen) atoms. The van der Waals surface area contributed by atoms with Gasteiger partial charge in [-0.3, -0.25) is 4.79 Å². The number of aliphatic hydroxyl groups excluding tert-OH is 1. The molecule has 0 bridgehead atoms. The van der Waals surface area contributed by atoms with E-state index >= 15 is 0 Å². The fraction of sp³-hybridized carbons (Fsp3) is 0.952. The zero-order valence-electron chi connectivity index (χ0n) is 15.6. The molecule has 0 unspecified atom stereocenters. The molecule has 5 rings (SSSR count). The van der Waals surface area contributed by atoms with Gasteiger partial charge in [0.15, 0.2) is 0 Å². The van der Waals surface area contributed by atoms with Crippen LogP contribution in [-0.2, 0) is 14.3 Å². The van der Waals surface area contributed by atoms with Gasteiger partial charge >= 0.3 is 5.97 Å². The van der Waals surface area contributed by atoms with Crippen LogP contribution in [0.25, 0.3) is 0 Å². The van der Waals surface area contributed by atoms with E-state index in [4.69, 9.17) is 9.47 Å². The molecule has 4 aliphatic carbocycles. The minimum absolute atomic E-state index is 0.00621. The van der Waals surface area contributed by atoms with Gasteiger partial charge in [-0.1, -0.05) is 13.8 Å². The quantitative estimate of drug-likeness (QED) is 0.612. The lowest BCUT2D eigenvalue weighted by Crippen LogP contribution is -2.54. The molecule has 5 aliphatic rings. The smallest absolute Gasteiger partial charge is 0.305 e. The van der Waals surface area contributed by atoms with Crippen LogP contribution in [0, 0.1) is 23.2 Å². The number of rotatable bonds is 2. The summed E-state index contributed by atoms with van der Waals surface area (Å²) in [6.45, 7) is 4.27. The monoisotopic (exact) mass is 348 g/mol. The lowest BCUT2D eigenvalue weighted by Gasteiger charge is -2.53. The number of hydrogen-bond donors (Lipinski definition) is 1. The van der Waals surface area contributed by atoms with E-state index in [1.54, 1.807) is 0 Å². The summed E-state index contributed by atoms with van der Waals surface area (Å²) in [6, 6.07) is 0. The minimum Gasteiger partial charge on any atom is -0.462 e. The summed E-state index contributed by atoms with van der Waals surface area (Å²) in [5, 5.41) is 10.1. The second-order valence-corrected chi connectivity index (χ2v) is 9.75. The molecular weight excluding hydrogens is 316 g/mol. The highest BCUT2D eigenvalue weighted by Gasteiger charge is 2.78. The largest absolute Gasteiger partial charge is 0.462 e. The zero-order valence-corrected chi connectivity index (χ0v) is 15.6. The van der Waals surface area contributed by atoms with Crippen molar-refractivity contribution in [2.24, 2.45) is 23.2 Å². The maximum Gasteiger partial charge on any atom is 0.305 e. The van der Waals surface area contributed by atoms with Crippen LogP contribution in [0.4, 0.5) is 0 Å². The highest BCUT2D eigenvalue weighted by molar-refractivity contribution is 5.69. The lowest BCUT2D eigenvalue weighted by molar-refractivity contribution is -0.158. The molecule has 0 aromatic rings. The van der Waals surface area contributed by atoms with Gasteiger partial charge in [0.05, 0.1) is 6.10 Å². The van der Waals surface area contributed by atoms with Crippen LogP contribution in [0.1, 0.15) is 78.1 Å². The Morgan fingerprint density at radius 3 is 2.76 bits per heavy atom. The summed E-state index contributed by atoms with van der Waals surface area (Å²) < 4.78 is 12.4. The summed E-state index contributed by atoms with van der Waals surface area (Å²) in [7, 11) is 0. The van der Waals surface area contributed by atoms with Gasteiger partial charge in [-0.15, -0.1) is 0 Å². The Bertz CT molecular complexity index is 586. The fourth-order valence-corrected chi connectivity index (χ4v) is 7.70. The van der Waals surface area contributed by atoms with E-state index in [-0.39, 0.29) is 34.8 Å². The molecule has 1 aliphatic heterocycles. The molecule has 140 valence electrons. The van der Waals surface area contributed by atoms with Crippen molar-refractivity contribution in [2.45, 2.75) is 101 Å². The Morgan fingerprint density at radius 2 is 1.96 bits per heavy atom. The third-order valence-corrected chi connectivity index (χ3v) is 8.91. The predicted octanol–water partition coefficient (Wildman–Crippen LogP) is 3.60. The van der Waals surface area contributed by atoms with Gasteiger partial charge < -0.3 is 14.6 Å². The van der Waals surface area contributed by atoms with Crippen LogP contribution < -0.4 is 0 Å². The van der Waals surface area contributed by atoms with Crippen molar-refractivity contribution in [1.82, 2.24) is 0 Å². The van der Waals surface area contributed by atoms with Crippen LogP contribution >= 0.6 is 0 Å². The van der Waals surface area contributed by atoms with Gasteiger partial charge in [0.25, 0.3) is 0 Å². The third-order valence-electron chi connectivity index (χ3n) is 8.91. The standard InChI is InChI=1S/C21H32O4/c1-3-18(23)24-17-5-4-15-14-7-10-20-12-13(22)6-11-21(20,25-20)16(14)8-9-19(15,17)2/h13-17,22H,3-12H2,1-2H3/t13-,14-,15-,16-,17-,19-,20-,21-/m0/s1. The van der Waals surface area contributed by atoms with Crippen LogP contribution in [0.15, 0.2) is 0 Å². The average Bonchev–Trinajstić information content (AvgIpc) is 3.18. The summed E-state index contributed by atoms with van der Waals surface area (Å²) >= 11 is 0. The average molecular weight is 348 g/mol. The summed E-state index contributed by atoms with van der Waals surface area (Å²) in [5.41, 5.74) is 0.243. The lowest BCUT2D eigenvalue weighted by atomic mass is 9.50. The topological polar surface area (TPSA) is 59.1 Å². The molecule has 0 spiro atoms. The Hall–Kier alpha value is -0.610. The molecule has 0 aromatic carbocycles. The van der Waals surface area contributed by atoms with E-state index in [9.17, 15) is 9.90 Å². The molecule has 0 aromatic heterocycles. The fourth-order valence-electron chi connectivity index (χ4n) is 7.70. The van der Waals surface area contributed by atoms with E-state index < -0.39 is 0 Å². The first-order chi connectivity index (χ1) is 11.9. The van der Waals surface area contributed by atoms with Crippen molar-refractivity contribution in [2.75, 3.05) is 0 Å². The number of fused-ring (bicyclic) bond motifs is 3. The molecular formula is C21H32O4. The molecule has 0 amide bonds. The van der Waals surface area contributed by atoms with E-state index in [1.165, 1.54) is 19.3 Å². The highest BCUT2D eigenvalue weighted by Crippen LogP contribution is 2.73. The van der Waals surface area contributed by atoms with Crippen molar-refractivity contribution in [1.29, 1.82) is 0 Å². The molecule has 4 heteroatoms. The molecule has 8 atom stereocenters. The second-order valence-electron chi connectivity index (χ2n) is 9.75. The number of aliphatic hydroxyl groups is 1. The first kappa shape index (κ1) is 16.6. The van der Waals surface area contributed by atoms with Crippen LogP contribution in [0.2, 0.25) is 0 Å². The molecule has 4 nitrogen and oxygen atoms in total. The highest BCUT2D eigenvalue weighted by atomic mass is 16.6. The molecule has 1 heterocycles. The Kier molecular flexibility index (Phi) is 3.46. The zero-order chi connectivity index (χ0) is 17.4. The van der Waals surface area contributed by atoms with Crippen LogP contribution in [0.5, 0.6) is 0 Å². The number of epoxide rings is 1. The van der Waals surface area contributed by atoms with Gasteiger partial charge in [-0.05, 0) is 69.1 Å². The van der Waals surface area contributed by atoms with Gasteiger partial charge in [0, 0.05) is 18.3 Å². The molecule has 0 radical (unpaired) electrons. The van der Waals surface area contributed by atoms with Gasteiger partial charge in [-0.2, -0.15) is 0 Å². The van der Waals surface area contributed by atoms with Crippen molar-refractivity contribution < 1.29 is 19.4 Å². The van der Waals surface area contributed by atoms with Crippen molar-refractivity contribution >= 4 is 5.97 Å². The molecule has 5 fully saturated rings. The first-order valence-electron chi connectivity index (χ1n) is 10.5. The summed E-state index contributed by atoms with van der Waals surface area (Å²) in [4.78, 5) is 11.9. The summed E-state index contributed by atoms with van der Waals surface area (Å²) in [5.74, 6) is 2.01. The Labute approximate surface area is 150 Å². The SMILES string of the molecule is CCC(=O)O[C@H]1CC[C@H]2[C@@H]3CC[C@]45C[C@@H](O)CC[C@]4(O5)[C@H]3CC[C@]12C. The van der Waals surface area contributed by atoms with Crippen molar-refractivity contribution in [3.63, 3.8) is 0 Å². The number of carbonyl (C=O) groups excluding carboxylic acids is 1. The van der Waals surface area contributed by atoms with Crippen LogP contribution in [-0.4, -0.2) is 34.5 Å². The van der Waals surface area contributed by atoms with Crippen molar-refractivity contribution in [3.05, 3.63) is 0 Å². The van der Waals surface area contributed by atoms with Crippen molar-refractivity contribution in [3.8, 4) is 0 Å². The summed E-state index contributed by atoms with van der Waals surface area (Å²) in [6.07, 6.45) is 10.2. The molecule has 1 saturated heterocycles. The minimum atomic E-state index is -0.162. The third kappa shape index (κ3) is 2.04.